The summed E-state index contributed by atoms with van der Waals surface area (Å²) < 4.78 is 13.0. The second-order valence-corrected chi connectivity index (χ2v) is 3.12. The van der Waals surface area contributed by atoms with Gasteiger partial charge in [0, 0.05) is 5.92 Å². The molecule has 0 saturated heterocycles. The molecule has 3 heteroatoms. The maximum atomic E-state index is 13.0. The lowest BCUT2D eigenvalue weighted by atomic mass is 10.2. The number of anilines is 1. The highest BCUT2D eigenvalue weighted by Gasteiger charge is 2.08. The molecule has 0 aliphatic rings. The number of benzene rings is 1. The minimum absolute atomic E-state index is 0.139. The third-order valence-electron chi connectivity index (χ3n) is 1.66. The standard InChI is InChI=1S/C10H12FNO/c1-7(2)10(13)12-9-6-4-3-5-8(9)11/h3-7H,1-2H3,(H,12,13). The molecule has 2 nitrogen and oxygen atoms in total. The maximum Gasteiger partial charge on any atom is 0.227 e. The van der Waals surface area contributed by atoms with Gasteiger partial charge < -0.3 is 5.32 Å². The molecular formula is C10H12FNO. The van der Waals surface area contributed by atoms with Crippen LogP contribution >= 0.6 is 0 Å². The number of rotatable bonds is 2. The summed E-state index contributed by atoms with van der Waals surface area (Å²) in [7, 11) is 0. The second kappa shape index (κ2) is 4.03. The van der Waals surface area contributed by atoms with Gasteiger partial charge in [0.15, 0.2) is 0 Å². The van der Waals surface area contributed by atoms with Crippen molar-refractivity contribution in [3.8, 4) is 0 Å². The van der Waals surface area contributed by atoms with Crippen LogP contribution in [-0.4, -0.2) is 5.91 Å². The van der Waals surface area contributed by atoms with E-state index in [4.69, 9.17) is 0 Å². The van der Waals surface area contributed by atoms with E-state index in [0.717, 1.165) is 0 Å². The Morgan fingerprint density at radius 1 is 1.38 bits per heavy atom. The first-order chi connectivity index (χ1) is 6.11. The molecule has 0 saturated carbocycles. The summed E-state index contributed by atoms with van der Waals surface area (Å²) >= 11 is 0. The summed E-state index contributed by atoms with van der Waals surface area (Å²) in [6, 6.07) is 6.12. The van der Waals surface area contributed by atoms with E-state index in [9.17, 15) is 9.18 Å². The van der Waals surface area contributed by atoms with E-state index in [2.05, 4.69) is 5.32 Å². The van der Waals surface area contributed by atoms with Crippen molar-refractivity contribution in [1.82, 2.24) is 0 Å². The van der Waals surface area contributed by atoms with Gasteiger partial charge in [-0.2, -0.15) is 0 Å². The van der Waals surface area contributed by atoms with E-state index in [-0.39, 0.29) is 17.5 Å². The molecule has 0 unspecified atom stereocenters. The number of para-hydroxylation sites is 1. The molecule has 0 fully saturated rings. The Morgan fingerprint density at radius 3 is 2.54 bits per heavy atom. The van der Waals surface area contributed by atoms with E-state index in [1.54, 1.807) is 26.0 Å². The van der Waals surface area contributed by atoms with E-state index < -0.39 is 5.82 Å². The van der Waals surface area contributed by atoms with Gasteiger partial charge in [-0.25, -0.2) is 4.39 Å². The number of carbonyl (C=O) groups is 1. The minimum Gasteiger partial charge on any atom is -0.323 e. The molecule has 0 aliphatic carbocycles. The van der Waals surface area contributed by atoms with E-state index in [0.29, 0.717) is 0 Å². The molecule has 0 bridgehead atoms. The number of halogens is 1. The van der Waals surface area contributed by atoms with Gasteiger partial charge in [0.05, 0.1) is 5.69 Å². The first-order valence-corrected chi connectivity index (χ1v) is 4.16. The molecule has 13 heavy (non-hydrogen) atoms. The SMILES string of the molecule is CC(C)C(=O)Nc1ccccc1F. The van der Waals surface area contributed by atoms with Crippen LogP contribution in [0, 0.1) is 11.7 Å². The molecule has 1 aromatic carbocycles. The number of hydrogen-bond donors (Lipinski definition) is 1. The molecule has 0 spiro atoms. The van der Waals surface area contributed by atoms with Crippen LogP contribution in [0.2, 0.25) is 0 Å². The van der Waals surface area contributed by atoms with E-state index >= 15 is 0 Å². The number of carbonyl (C=O) groups excluding carboxylic acids is 1. The average Bonchev–Trinajstić information content (AvgIpc) is 2.08. The van der Waals surface area contributed by atoms with E-state index in [1.807, 2.05) is 0 Å². The molecule has 0 atom stereocenters. The lowest BCUT2D eigenvalue weighted by Crippen LogP contribution is -2.18. The summed E-state index contributed by atoms with van der Waals surface area (Å²) in [4.78, 5) is 11.2. The van der Waals surface area contributed by atoms with Crippen LogP contribution in [0.1, 0.15) is 13.8 Å². The van der Waals surface area contributed by atoms with Gasteiger partial charge in [0.1, 0.15) is 5.82 Å². The topological polar surface area (TPSA) is 29.1 Å². The van der Waals surface area contributed by atoms with Gasteiger partial charge in [0.25, 0.3) is 0 Å². The fraction of sp³-hybridized carbons (Fsp3) is 0.300. The van der Waals surface area contributed by atoms with Gasteiger partial charge in [-0.05, 0) is 12.1 Å². The highest BCUT2D eigenvalue weighted by atomic mass is 19.1. The van der Waals surface area contributed by atoms with Crippen molar-refractivity contribution in [3.05, 3.63) is 30.1 Å². The molecule has 0 aliphatic heterocycles. The normalized spacial score (nSPS) is 10.2. The molecule has 1 N–H and O–H groups in total. The predicted molar refractivity (Wildman–Crippen MR) is 49.9 cm³/mol. The molecule has 1 aromatic rings. The van der Waals surface area contributed by atoms with Crippen LogP contribution < -0.4 is 5.32 Å². The Balaban J connectivity index is 2.75. The van der Waals surface area contributed by atoms with E-state index in [1.165, 1.54) is 12.1 Å². The highest BCUT2D eigenvalue weighted by molar-refractivity contribution is 5.92. The quantitative estimate of drug-likeness (QED) is 0.745. The van der Waals surface area contributed by atoms with Gasteiger partial charge in [-0.3, -0.25) is 4.79 Å². The van der Waals surface area contributed by atoms with Gasteiger partial charge in [0.2, 0.25) is 5.91 Å². The van der Waals surface area contributed by atoms with Crippen LogP contribution in [0.4, 0.5) is 10.1 Å². The second-order valence-electron chi connectivity index (χ2n) is 3.12. The van der Waals surface area contributed by atoms with Crippen LogP contribution in [-0.2, 0) is 4.79 Å². The third kappa shape index (κ3) is 2.54. The summed E-state index contributed by atoms with van der Waals surface area (Å²) in [5.41, 5.74) is 0.237. The summed E-state index contributed by atoms with van der Waals surface area (Å²) in [5, 5.41) is 2.50. The molecule has 0 heterocycles. The first-order valence-electron chi connectivity index (χ1n) is 4.16. The Kier molecular flexibility index (Phi) is 3.01. The van der Waals surface area contributed by atoms with Crippen molar-refractivity contribution in [2.45, 2.75) is 13.8 Å². The smallest absolute Gasteiger partial charge is 0.227 e. The Hall–Kier alpha value is -1.38. The zero-order valence-corrected chi connectivity index (χ0v) is 7.67. The minimum atomic E-state index is -0.406. The number of nitrogens with one attached hydrogen (secondary N) is 1. The summed E-state index contributed by atoms with van der Waals surface area (Å²) in [5.74, 6) is -0.721. The molecule has 1 amide bonds. The zero-order valence-electron chi connectivity index (χ0n) is 7.67. The maximum absolute atomic E-state index is 13.0. The molecule has 70 valence electrons. The van der Waals surface area contributed by atoms with Crippen LogP contribution in [0.5, 0.6) is 0 Å². The Bertz CT molecular complexity index is 310. The molecule has 0 radical (unpaired) electrons. The van der Waals surface area contributed by atoms with Crippen LogP contribution in [0.3, 0.4) is 0 Å². The van der Waals surface area contributed by atoms with Gasteiger partial charge in [-0.1, -0.05) is 26.0 Å². The zero-order chi connectivity index (χ0) is 9.84. The average molecular weight is 181 g/mol. The third-order valence-corrected chi connectivity index (χ3v) is 1.66. The number of hydrogen-bond acceptors (Lipinski definition) is 1. The Morgan fingerprint density at radius 2 is 2.00 bits per heavy atom. The van der Waals surface area contributed by atoms with Crippen LogP contribution in [0.25, 0.3) is 0 Å². The van der Waals surface area contributed by atoms with Crippen LogP contribution in [0.15, 0.2) is 24.3 Å². The van der Waals surface area contributed by atoms with Crippen molar-refractivity contribution in [2.24, 2.45) is 5.92 Å². The van der Waals surface area contributed by atoms with Crippen molar-refractivity contribution >= 4 is 11.6 Å². The van der Waals surface area contributed by atoms with Gasteiger partial charge >= 0.3 is 0 Å². The highest BCUT2D eigenvalue weighted by Crippen LogP contribution is 2.13. The monoisotopic (exact) mass is 181 g/mol. The van der Waals surface area contributed by atoms with Crippen molar-refractivity contribution < 1.29 is 9.18 Å². The van der Waals surface area contributed by atoms with Crippen molar-refractivity contribution in [3.63, 3.8) is 0 Å². The number of amides is 1. The molecule has 1 rings (SSSR count). The fourth-order valence-electron chi connectivity index (χ4n) is 0.840. The predicted octanol–water partition coefficient (Wildman–Crippen LogP) is 2.42. The van der Waals surface area contributed by atoms with Crippen molar-refractivity contribution in [2.75, 3.05) is 5.32 Å². The first kappa shape index (κ1) is 9.71. The lowest BCUT2D eigenvalue weighted by Gasteiger charge is -2.07. The fourth-order valence-corrected chi connectivity index (χ4v) is 0.840. The lowest BCUT2D eigenvalue weighted by molar-refractivity contribution is -0.118. The largest absolute Gasteiger partial charge is 0.323 e. The molecular weight excluding hydrogens is 169 g/mol. The molecule has 0 aromatic heterocycles. The Labute approximate surface area is 76.8 Å². The summed E-state index contributed by atoms with van der Waals surface area (Å²) in [6.45, 7) is 3.52. The summed E-state index contributed by atoms with van der Waals surface area (Å²) in [6.07, 6.45) is 0. The van der Waals surface area contributed by atoms with Crippen molar-refractivity contribution in [1.29, 1.82) is 0 Å². The van der Waals surface area contributed by atoms with Gasteiger partial charge in [-0.15, -0.1) is 0 Å².